The average molecular weight is 379 g/mol. The van der Waals surface area contributed by atoms with Gasteiger partial charge in [0.15, 0.2) is 0 Å². The Kier molecular flexibility index (Phi) is 5.03. The van der Waals surface area contributed by atoms with Gasteiger partial charge in [-0.05, 0) is 36.2 Å². The summed E-state index contributed by atoms with van der Waals surface area (Å²) in [7, 11) is 1.65. The maximum absolute atomic E-state index is 12.9. The van der Waals surface area contributed by atoms with E-state index >= 15 is 0 Å². The molecule has 1 aromatic carbocycles. The fourth-order valence-corrected chi connectivity index (χ4v) is 4.64. The maximum Gasteiger partial charge on any atom is 0.272 e. The second-order valence-electron chi connectivity index (χ2n) is 7.54. The van der Waals surface area contributed by atoms with Crippen molar-refractivity contribution in [1.82, 2.24) is 14.8 Å². The lowest BCUT2D eigenvalue weighted by atomic mass is 9.81. The molecule has 6 nitrogen and oxygen atoms in total. The number of ether oxygens (including phenoxy) is 1. The van der Waals surface area contributed by atoms with E-state index in [1.165, 1.54) is 5.56 Å². The number of amides is 2. The maximum atomic E-state index is 12.9. The van der Waals surface area contributed by atoms with Crippen LogP contribution in [0.5, 0.6) is 5.75 Å². The first-order valence-electron chi connectivity index (χ1n) is 9.70. The van der Waals surface area contributed by atoms with E-state index in [0.29, 0.717) is 25.3 Å². The van der Waals surface area contributed by atoms with Gasteiger partial charge in [0.05, 0.1) is 7.11 Å². The number of carbonyl (C=O) groups excluding carboxylic acids is 2. The molecule has 0 bridgehead atoms. The average Bonchev–Trinajstić information content (AvgIpc) is 3.13. The highest BCUT2D eigenvalue weighted by Crippen LogP contribution is 2.42. The Morgan fingerprint density at radius 2 is 1.89 bits per heavy atom. The van der Waals surface area contributed by atoms with E-state index < -0.39 is 0 Å². The third-order valence-electron chi connectivity index (χ3n) is 6.05. The first-order chi connectivity index (χ1) is 13.6. The minimum atomic E-state index is -0.0335. The quantitative estimate of drug-likeness (QED) is 0.822. The molecule has 2 amide bonds. The Morgan fingerprint density at radius 1 is 1.11 bits per heavy atom. The lowest BCUT2D eigenvalue weighted by molar-refractivity contribution is -0.130. The van der Waals surface area contributed by atoms with Crippen LogP contribution in [-0.2, 0) is 4.79 Å². The molecule has 0 aliphatic carbocycles. The van der Waals surface area contributed by atoms with E-state index in [2.05, 4.69) is 17.1 Å². The Bertz CT molecular complexity index is 853. The zero-order chi connectivity index (χ0) is 19.7. The number of aromatic nitrogens is 1. The van der Waals surface area contributed by atoms with Gasteiger partial charge in [-0.25, -0.2) is 0 Å². The summed E-state index contributed by atoms with van der Waals surface area (Å²) in [6.07, 6.45) is 2.45. The summed E-state index contributed by atoms with van der Waals surface area (Å²) in [5, 5.41) is 0. The minimum absolute atomic E-state index is 0.0335. The van der Waals surface area contributed by atoms with Gasteiger partial charge >= 0.3 is 0 Å². The molecule has 28 heavy (non-hydrogen) atoms. The van der Waals surface area contributed by atoms with E-state index in [1.54, 1.807) is 26.3 Å². The monoisotopic (exact) mass is 379 g/mol. The highest BCUT2D eigenvalue weighted by molar-refractivity contribution is 5.92. The van der Waals surface area contributed by atoms with Crippen molar-refractivity contribution in [3.63, 3.8) is 0 Å². The lowest BCUT2D eigenvalue weighted by Crippen LogP contribution is -2.49. The van der Waals surface area contributed by atoms with Crippen LogP contribution in [-0.4, -0.2) is 59.4 Å². The largest absolute Gasteiger partial charge is 0.497 e. The first-order valence-corrected chi connectivity index (χ1v) is 9.70. The summed E-state index contributed by atoms with van der Waals surface area (Å²) in [4.78, 5) is 33.2. The molecule has 0 unspecified atom stereocenters. The van der Waals surface area contributed by atoms with Crippen molar-refractivity contribution < 1.29 is 14.3 Å². The fourth-order valence-electron chi connectivity index (χ4n) is 4.64. The molecule has 0 N–H and O–H groups in total. The Hall–Kier alpha value is -2.89. The van der Waals surface area contributed by atoms with Crippen molar-refractivity contribution in [2.45, 2.75) is 25.3 Å². The number of nitrogens with zero attached hydrogens (tertiary/aromatic N) is 3. The van der Waals surface area contributed by atoms with Crippen LogP contribution < -0.4 is 4.74 Å². The third kappa shape index (κ3) is 3.35. The summed E-state index contributed by atoms with van der Waals surface area (Å²) in [5.74, 6) is 1.32. The van der Waals surface area contributed by atoms with E-state index in [-0.39, 0.29) is 29.7 Å². The SMILES string of the molecule is COc1ccc([C@@H]2CN(C(C)=O)[C@H]3CCN(C(=O)c4ccccn4)C[C@@H]23)cc1. The molecule has 0 spiro atoms. The number of hydrogen-bond acceptors (Lipinski definition) is 4. The molecule has 3 heterocycles. The molecule has 2 aliphatic rings. The Morgan fingerprint density at radius 3 is 2.54 bits per heavy atom. The van der Waals surface area contributed by atoms with Gasteiger partial charge in [-0.3, -0.25) is 14.6 Å². The summed E-state index contributed by atoms with van der Waals surface area (Å²) >= 11 is 0. The summed E-state index contributed by atoms with van der Waals surface area (Å²) < 4.78 is 5.27. The number of fused-ring (bicyclic) bond motifs is 1. The summed E-state index contributed by atoms with van der Waals surface area (Å²) in [6.45, 7) is 3.62. The van der Waals surface area contributed by atoms with Crippen LogP contribution in [0.15, 0.2) is 48.7 Å². The third-order valence-corrected chi connectivity index (χ3v) is 6.05. The predicted molar refractivity (Wildman–Crippen MR) is 105 cm³/mol. The minimum Gasteiger partial charge on any atom is -0.497 e. The molecular weight excluding hydrogens is 354 g/mol. The molecule has 1 aromatic heterocycles. The second-order valence-corrected chi connectivity index (χ2v) is 7.54. The highest BCUT2D eigenvalue weighted by atomic mass is 16.5. The van der Waals surface area contributed by atoms with Gasteiger partial charge < -0.3 is 14.5 Å². The van der Waals surface area contributed by atoms with Gasteiger partial charge in [0, 0.05) is 50.6 Å². The first kappa shape index (κ1) is 18.5. The van der Waals surface area contributed by atoms with Gasteiger partial charge in [0.25, 0.3) is 5.91 Å². The molecule has 0 radical (unpaired) electrons. The summed E-state index contributed by atoms with van der Waals surface area (Å²) in [6, 6.07) is 13.6. The number of methoxy groups -OCH3 is 1. The Labute approximate surface area is 165 Å². The molecule has 2 fully saturated rings. The van der Waals surface area contributed by atoms with Crippen molar-refractivity contribution >= 4 is 11.8 Å². The number of rotatable bonds is 3. The normalized spacial score (nSPS) is 24.0. The van der Waals surface area contributed by atoms with Crippen LogP contribution in [0.25, 0.3) is 0 Å². The molecule has 0 saturated carbocycles. The number of piperidine rings is 1. The van der Waals surface area contributed by atoms with Crippen molar-refractivity contribution in [3.8, 4) is 5.75 Å². The van der Waals surface area contributed by atoms with Crippen molar-refractivity contribution in [3.05, 3.63) is 59.9 Å². The number of benzene rings is 1. The molecule has 2 aliphatic heterocycles. The smallest absolute Gasteiger partial charge is 0.272 e. The van der Waals surface area contributed by atoms with Crippen LogP contribution in [0, 0.1) is 5.92 Å². The number of likely N-dealkylation sites (tertiary alicyclic amines) is 2. The predicted octanol–water partition coefficient (Wildman–Crippen LogP) is 2.57. The van der Waals surface area contributed by atoms with Gasteiger partial charge in [-0.1, -0.05) is 18.2 Å². The second kappa shape index (κ2) is 7.62. The zero-order valence-corrected chi connectivity index (χ0v) is 16.2. The van der Waals surface area contributed by atoms with E-state index in [9.17, 15) is 9.59 Å². The molecule has 2 aromatic rings. The lowest BCUT2D eigenvalue weighted by Gasteiger charge is -2.38. The summed E-state index contributed by atoms with van der Waals surface area (Å²) in [5.41, 5.74) is 1.66. The van der Waals surface area contributed by atoms with Crippen LogP contribution in [0.4, 0.5) is 0 Å². The molecule has 146 valence electrons. The van der Waals surface area contributed by atoms with Crippen LogP contribution >= 0.6 is 0 Å². The van der Waals surface area contributed by atoms with Crippen molar-refractivity contribution in [2.75, 3.05) is 26.7 Å². The van der Waals surface area contributed by atoms with E-state index in [0.717, 1.165) is 12.2 Å². The zero-order valence-electron chi connectivity index (χ0n) is 16.2. The Balaban J connectivity index is 1.59. The topological polar surface area (TPSA) is 62.7 Å². The molecule has 3 atom stereocenters. The highest BCUT2D eigenvalue weighted by Gasteiger charge is 2.47. The molecular formula is C22H25N3O3. The van der Waals surface area contributed by atoms with Gasteiger partial charge in [-0.15, -0.1) is 0 Å². The van der Waals surface area contributed by atoms with Crippen molar-refractivity contribution in [2.24, 2.45) is 5.92 Å². The van der Waals surface area contributed by atoms with E-state index in [1.807, 2.05) is 34.1 Å². The van der Waals surface area contributed by atoms with E-state index in [4.69, 9.17) is 4.74 Å². The standard InChI is InChI=1S/C22H25N3O3/c1-15(26)25-14-18(16-6-8-17(28-2)9-7-16)19-13-24(12-10-21(19)25)22(27)20-5-3-4-11-23-20/h3-9,11,18-19,21H,10,12-14H2,1-2H3/t18-,19-,21-/m0/s1. The fraction of sp³-hybridized carbons (Fsp3) is 0.409. The molecule has 6 heteroatoms. The molecule has 4 rings (SSSR count). The molecule has 2 saturated heterocycles. The van der Waals surface area contributed by atoms with Gasteiger partial charge in [0.2, 0.25) is 5.91 Å². The van der Waals surface area contributed by atoms with Crippen LogP contribution in [0.1, 0.15) is 35.3 Å². The van der Waals surface area contributed by atoms with Crippen LogP contribution in [0.3, 0.4) is 0 Å². The number of pyridine rings is 1. The number of hydrogen-bond donors (Lipinski definition) is 0. The number of carbonyl (C=O) groups is 2. The van der Waals surface area contributed by atoms with Gasteiger partial charge in [0.1, 0.15) is 11.4 Å². The van der Waals surface area contributed by atoms with Crippen molar-refractivity contribution in [1.29, 1.82) is 0 Å². The van der Waals surface area contributed by atoms with Crippen LogP contribution in [0.2, 0.25) is 0 Å². The van der Waals surface area contributed by atoms with Gasteiger partial charge in [-0.2, -0.15) is 0 Å².